The highest BCUT2D eigenvalue weighted by Crippen LogP contribution is 2.30. The van der Waals surface area contributed by atoms with Crippen LogP contribution < -0.4 is 5.73 Å². The fourth-order valence-corrected chi connectivity index (χ4v) is 2.94. The van der Waals surface area contributed by atoms with Crippen LogP contribution >= 0.6 is 11.8 Å². The highest BCUT2D eigenvalue weighted by atomic mass is 32.2. The Labute approximate surface area is 113 Å². The highest BCUT2D eigenvalue weighted by Gasteiger charge is 2.25. The third kappa shape index (κ3) is 3.67. The van der Waals surface area contributed by atoms with Crippen molar-refractivity contribution in [1.29, 1.82) is 0 Å². The molecule has 1 aromatic rings. The van der Waals surface area contributed by atoms with Crippen molar-refractivity contribution in [3.8, 4) is 0 Å². The molecule has 1 fully saturated rings. The van der Waals surface area contributed by atoms with Crippen molar-refractivity contribution < 1.29 is 4.74 Å². The highest BCUT2D eigenvalue weighted by molar-refractivity contribution is 7.99. The Balaban J connectivity index is 1.91. The fourth-order valence-electron chi connectivity index (χ4n) is 1.96. The second-order valence-corrected chi connectivity index (χ2v) is 5.97. The monoisotopic (exact) mass is 267 g/mol. The first-order valence-electron chi connectivity index (χ1n) is 6.53. The van der Waals surface area contributed by atoms with E-state index in [1.54, 1.807) is 11.8 Å². The molecule has 5 heteroatoms. The normalized spacial score (nSPS) is 25.3. The van der Waals surface area contributed by atoms with Gasteiger partial charge in [0, 0.05) is 30.3 Å². The van der Waals surface area contributed by atoms with E-state index in [1.807, 2.05) is 12.4 Å². The zero-order valence-electron chi connectivity index (χ0n) is 11.0. The van der Waals surface area contributed by atoms with E-state index in [2.05, 4.69) is 23.8 Å². The number of hydrogen-bond donors (Lipinski definition) is 1. The first-order valence-corrected chi connectivity index (χ1v) is 7.41. The van der Waals surface area contributed by atoms with Crippen molar-refractivity contribution in [2.75, 3.05) is 6.61 Å². The largest absolute Gasteiger partial charge is 0.377 e. The lowest BCUT2D eigenvalue weighted by Gasteiger charge is -2.12. The van der Waals surface area contributed by atoms with Crippen molar-refractivity contribution in [3.05, 3.63) is 18.0 Å². The number of thioether (sulfide) groups is 1. The molecule has 3 atom stereocenters. The molecule has 0 radical (unpaired) electrons. The number of nitrogens with two attached hydrogens (primary N) is 1. The molecule has 1 aliphatic heterocycles. The molecule has 0 aliphatic carbocycles. The summed E-state index contributed by atoms with van der Waals surface area (Å²) in [6.45, 7) is 5.05. The van der Waals surface area contributed by atoms with Crippen molar-refractivity contribution >= 4 is 11.8 Å². The fraction of sp³-hybridized carbons (Fsp3) is 0.692. The number of nitrogens with zero attached hydrogens (tertiary/aromatic N) is 2. The number of aromatic nitrogens is 2. The van der Waals surface area contributed by atoms with Gasteiger partial charge < -0.3 is 10.5 Å². The molecule has 0 amide bonds. The Bertz CT molecular complexity index is 371. The predicted molar refractivity (Wildman–Crippen MR) is 73.7 cm³/mol. The maximum Gasteiger partial charge on any atom is 0.187 e. The molecule has 1 aromatic heterocycles. The first kappa shape index (κ1) is 13.8. The van der Waals surface area contributed by atoms with Gasteiger partial charge in [-0.3, -0.25) is 0 Å². The molecule has 18 heavy (non-hydrogen) atoms. The predicted octanol–water partition coefficient (Wildman–Crippen LogP) is 2.03. The summed E-state index contributed by atoms with van der Waals surface area (Å²) in [6, 6.07) is 0.204. The van der Waals surface area contributed by atoms with Gasteiger partial charge in [-0.05, 0) is 31.7 Å². The van der Waals surface area contributed by atoms with Crippen molar-refractivity contribution in [1.82, 2.24) is 9.97 Å². The summed E-state index contributed by atoms with van der Waals surface area (Å²) in [6.07, 6.45) is 7.00. The molecule has 100 valence electrons. The van der Waals surface area contributed by atoms with Gasteiger partial charge in [0.2, 0.25) is 0 Å². The minimum Gasteiger partial charge on any atom is -0.377 e. The molecule has 2 rings (SSSR count). The summed E-state index contributed by atoms with van der Waals surface area (Å²) in [5, 5.41) is 1.32. The standard InChI is InChI=1S/C13H21N3OS/c1-3-11(14)6-10-7-15-13(16-8-10)18-12-4-5-17-9(12)2/h7-9,11-12H,3-6,14H2,1-2H3. The van der Waals surface area contributed by atoms with Crippen LogP contribution in [0.25, 0.3) is 0 Å². The average molecular weight is 267 g/mol. The molecule has 3 unspecified atom stereocenters. The third-order valence-corrected chi connectivity index (χ3v) is 4.61. The van der Waals surface area contributed by atoms with Gasteiger partial charge in [0.25, 0.3) is 0 Å². The van der Waals surface area contributed by atoms with E-state index in [1.165, 1.54) is 0 Å². The molecule has 4 nitrogen and oxygen atoms in total. The summed E-state index contributed by atoms with van der Waals surface area (Å²) in [4.78, 5) is 8.81. The van der Waals surface area contributed by atoms with Gasteiger partial charge in [-0.2, -0.15) is 0 Å². The van der Waals surface area contributed by atoms with E-state index in [-0.39, 0.29) is 6.04 Å². The minimum atomic E-state index is 0.204. The first-order chi connectivity index (χ1) is 8.69. The Morgan fingerprint density at radius 2 is 2.22 bits per heavy atom. The lowest BCUT2D eigenvalue weighted by molar-refractivity contribution is 0.127. The molecular formula is C13H21N3OS. The average Bonchev–Trinajstić information content (AvgIpc) is 2.77. The summed E-state index contributed by atoms with van der Waals surface area (Å²) >= 11 is 1.71. The van der Waals surface area contributed by atoms with E-state index in [4.69, 9.17) is 10.5 Å². The van der Waals surface area contributed by atoms with Crippen LogP contribution in [0.2, 0.25) is 0 Å². The third-order valence-electron chi connectivity index (χ3n) is 3.27. The van der Waals surface area contributed by atoms with Gasteiger partial charge in [0.15, 0.2) is 5.16 Å². The molecule has 1 aliphatic rings. The summed E-state index contributed by atoms with van der Waals surface area (Å²) in [5.41, 5.74) is 7.03. The molecular weight excluding hydrogens is 246 g/mol. The zero-order chi connectivity index (χ0) is 13.0. The van der Waals surface area contributed by atoms with Gasteiger partial charge in [-0.1, -0.05) is 18.7 Å². The van der Waals surface area contributed by atoms with Crippen molar-refractivity contribution in [2.45, 2.75) is 55.7 Å². The summed E-state index contributed by atoms with van der Waals surface area (Å²) in [5.74, 6) is 0. The number of hydrogen-bond acceptors (Lipinski definition) is 5. The topological polar surface area (TPSA) is 61.0 Å². The van der Waals surface area contributed by atoms with E-state index in [0.29, 0.717) is 11.4 Å². The molecule has 2 heterocycles. The van der Waals surface area contributed by atoms with Gasteiger partial charge in [0.05, 0.1) is 6.10 Å². The van der Waals surface area contributed by atoms with E-state index in [9.17, 15) is 0 Å². The Kier molecular flexibility index (Phi) is 4.97. The second kappa shape index (κ2) is 6.50. The SMILES string of the molecule is CCC(N)Cc1cnc(SC2CCOC2C)nc1. The van der Waals surface area contributed by atoms with Crippen LogP contribution in [0.4, 0.5) is 0 Å². The second-order valence-electron chi connectivity index (χ2n) is 4.77. The van der Waals surface area contributed by atoms with Gasteiger partial charge in [0.1, 0.15) is 0 Å². The zero-order valence-corrected chi connectivity index (χ0v) is 11.8. The van der Waals surface area contributed by atoms with Gasteiger partial charge >= 0.3 is 0 Å². The smallest absolute Gasteiger partial charge is 0.187 e. The Morgan fingerprint density at radius 3 is 2.78 bits per heavy atom. The van der Waals surface area contributed by atoms with Crippen LogP contribution in [0, 0.1) is 0 Å². The number of rotatable bonds is 5. The Hall–Kier alpha value is -0.650. The molecule has 0 saturated carbocycles. The van der Waals surface area contributed by atoms with Crippen LogP contribution in [0.1, 0.15) is 32.3 Å². The van der Waals surface area contributed by atoms with E-state index >= 15 is 0 Å². The maximum atomic E-state index is 5.92. The number of ether oxygens (including phenoxy) is 1. The van der Waals surface area contributed by atoms with Crippen LogP contribution in [0.5, 0.6) is 0 Å². The van der Waals surface area contributed by atoms with Crippen molar-refractivity contribution in [2.24, 2.45) is 5.73 Å². The maximum absolute atomic E-state index is 5.92. The van der Waals surface area contributed by atoms with E-state index in [0.717, 1.165) is 36.6 Å². The van der Waals surface area contributed by atoms with Crippen LogP contribution in [0.15, 0.2) is 17.6 Å². The molecule has 2 N–H and O–H groups in total. The van der Waals surface area contributed by atoms with Crippen LogP contribution in [0.3, 0.4) is 0 Å². The van der Waals surface area contributed by atoms with Crippen molar-refractivity contribution in [3.63, 3.8) is 0 Å². The van der Waals surface area contributed by atoms with Crippen LogP contribution in [-0.2, 0) is 11.2 Å². The molecule has 0 bridgehead atoms. The van der Waals surface area contributed by atoms with Crippen LogP contribution in [-0.4, -0.2) is 34.0 Å². The molecule has 0 aromatic carbocycles. The van der Waals surface area contributed by atoms with Gasteiger partial charge in [-0.15, -0.1) is 0 Å². The molecule has 1 saturated heterocycles. The van der Waals surface area contributed by atoms with E-state index < -0.39 is 0 Å². The molecule has 0 spiro atoms. The lowest BCUT2D eigenvalue weighted by Crippen LogP contribution is -2.21. The Morgan fingerprint density at radius 1 is 1.50 bits per heavy atom. The summed E-state index contributed by atoms with van der Waals surface area (Å²) in [7, 11) is 0. The lowest BCUT2D eigenvalue weighted by atomic mass is 10.1. The van der Waals surface area contributed by atoms with Gasteiger partial charge in [-0.25, -0.2) is 9.97 Å². The quantitative estimate of drug-likeness (QED) is 0.827. The minimum absolute atomic E-state index is 0.204. The summed E-state index contributed by atoms with van der Waals surface area (Å²) < 4.78 is 5.54.